The van der Waals surface area contributed by atoms with Gasteiger partial charge in [0.25, 0.3) is 0 Å². The van der Waals surface area contributed by atoms with Crippen molar-refractivity contribution in [3.8, 4) is 0 Å². The van der Waals surface area contributed by atoms with Gasteiger partial charge in [-0.3, -0.25) is 14.5 Å². The molecular weight excluding hydrogens is 284 g/mol. The molecule has 0 saturated carbocycles. The number of benzene rings is 1. The summed E-state index contributed by atoms with van der Waals surface area (Å²) in [6, 6.07) is 10.1. The molecule has 116 valence electrons. The molecule has 0 aliphatic carbocycles. The van der Waals surface area contributed by atoms with E-state index in [-0.39, 0.29) is 12.5 Å². The van der Waals surface area contributed by atoms with Crippen molar-refractivity contribution in [2.75, 3.05) is 18.9 Å². The van der Waals surface area contributed by atoms with E-state index >= 15 is 0 Å². The normalized spacial score (nSPS) is 12.1. The molecule has 2 amide bonds. The molecule has 0 saturated heterocycles. The van der Waals surface area contributed by atoms with Crippen LogP contribution in [0, 0.1) is 6.92 Å². The molecule has 2 aromatic rings. The van der Waals surface area contributed by atoms with E-state index in [1.165, 1.54) is 0 Å². The van der Waals surface area contributed by atoms with Crippen molar-refractivity contribution in [3.63, 3.8) is 0 Å². The molecule has 0 bridgehead atoms. The predicted octanol–water partition coefficient (Wildman–Crippen LogP) is 1.08. The Labute approximate surface area is 128 Å². The SMILES string of the molecule is Cc1cc(NC(=O)[C@@H](c2ccccc2)N(C)CC(N)=O)no1. The van der Waals surface area contributed by atoms with E-state index in [2.05, 4.69) is 10.5 Å². The minimum atomic E-state index is -0.661. The average molecular weight is 302 g/mol. The number of anilines is 1. The number of aryl methyl sites for hydroxylation is 1. The largest absolute Gasteiger partial charge is 0.369 e. The second-order valence-corrected chi connectivity index (χ2v) is 5.01. The van der Waals surface area contributed by atoms with Crippen molar-refractivity contribution in [2.24, 2.45) is 5.73 Å². The maximum atomic E-state index is 12.6. The van der Waals surface area contributed by atoms with Gasteiger partial charge in [-0.15, -0.1) is 0 Å². The average Bonchev–Trinajstić information content (AvgIpc) is 2.84. The molecule has 7 nitrogen and oxygen atoms in total. The van der Waals surface area contributed by atoms with Crippen LogP contribution in [0.1, 0.15) is 17.4 Å². The molecule has 0 fully saturated rings. The molecule has 1 atom stereocenters. The number of hydrogen-bond donors (Lipinski definition) is 2. The zero-order valence-electron chi connectivity index (χ0n) is 12.4. The van der Waals surface area contributed by atoms with Crippen LogP contribution in [0.15, 0.2) is 40.9 Å². The maximum absolute atomic E-state index is 12.6. The number of carbonyl (C=O) groups excluding carboxylic acids is 2. The van der Waals surface area contributed by atoms with E-state index in [0.29, 0.717) is 11.6 Å². The van der Waals surface area contributed by atoms with Crippen LogP contribution in [0.2, 0.25) is 0 Å². The number of nitrogens with one attached hydrogen (secondary N) is 1. The van der Waals surface area contributed by atoms with Crippen LogP contribution in [-0.4, -0.2) is 35.5 Å². The lowest BCUT2D eigenvalue weighted by Gasteiger charge is -2.26. The second kappa shape index (κ2) is 6.86. The Morgan fingerprint density at radius 3 is 2.59 bits per heavy atom. The Hall–Kier alpha value is -2.67. The highest BCUT2D eigenvalue weighted by Crippen LogP contribution is 2.21. The zero-order chi connectivity index (χ0) is 16.1. The van der Waals surface area contributed by atoms with Gasteiger partial charge in [-0.25, -0.2) is 0 Å². The number of nitrogens with zero attached hydrogens (tertiary/aromatic N) is 2. The van der Waals surface area contributed by atoms with Crippen LogP contribution < -0.4 is 11.1 Å². The third-order valence-electron chi connectivity index (χ3n) is 3.09. The Bertz CT molecular complexity index is 654. The van der Waals surface area contributed by atoms with E-state index in [9.17, 15) is 9.59 Å². The molecule has 3 N–H and O–H groups in total. The standard InChI is InChI=1S/C15H18N4O3/c1-10-8-13(18-22-10)17-15(21)14(19(2)9-12(16)20)11-6-4-3-5-7-11/h3-8,14H,9H2,1-2H3,(H2,16,20)(H,17,18,21)/t14-/m1/s1. The fraction of sp³-hybridized carbons (Fsp3) is 0.267. The van der Waals surface area contributed by atoms with Crippen molar-refractivity contribution >= 4 is 17.6 Å². The minimum Gasteiger partial charge on any atom is -0.369 e. The first-order chi connectivity index (χ1) is 10.5. The number of nitrogens with two attached hydrogens (primary N) is 1. The molecule has 1 heterocycles. The molecule has 1 aromatic carbocycles. The lowest BCUT2D eigenvalue weighted by atomic mass is 10.0. The zero-order valence-corrected chi connectivity index (χ0v) is 12.4. The molecule has 0 spiro atoms. The number of primary amides is 1. The second-order valence-electron chi connectivity index (χ2n) is 5.01. The minimum absolute atomic E-state index is 0.0369. The topological polar surface area (TPSA) is 101 Å². The number of likely N-dealkylation sites (N-methyl/N-ethyl adjacent to an activating group) is 1. The molecule has 0 aliphatic rings. The fourth-order valence-corrected chi connectivity index (χ4v) is 2.20. The fourth-order valence-electron chi connectivity index (χ4n) is 2.20. The summed E-state index contributed by atoms with van der Waals surface area (Å²) in [5.74, 6) is 0.102. The Morgan fingerprint density at radius 1 is 1.36 bits per heavy atom. The summed E-state index contributed by atoms with van der Waals surface area (Å²) in [5.41, 5.74) is 5.98. The summed E-state index contributed by atoms with van der Waals surface area (Å²) >= 11 is 0. The van der Waals surface area contributed by atoms with Crippen molar-refractivity contribution < 1.29 is 14.1 Å². The number of hydrogen-bond acceptors (Lipinski definition) is 5. The van der Waals surface area contributed by atoms with Gasteiger partial charge in [0.2, 0.25) is 11.8 Å². The summed E-state index contributed by atoms with van der Waals surface area (Å²) in [5, 5.41) is 6.41. The van der Waals surface area contributed by atoms with Crippen molar-refractivity contribution in [1.82, 2.24) is 10.1 Å². The molecular formula is C15H18N4O3. The molecule has 22 heavy (non-hydrogen) atoms. The molecule has 1 aromatic heterocycles. The molecule has 0 unspecified atom stereocenters. The van der Waals surface area contributed by atoms with E-state index < -0.39 is 11.9 Å². The van der Waals surface area contributed by atoms with Crippen molar-refractivity contribution in [3.05, 3.63) is 47.7 Å². The highest BCUT2D eigenvalue weighted by Gasteiger charge is 2.26. The van der Waals surface area contributed by atoms with Gasteiger partial charge in [-0.1, -0.05) is 35.5 Å². The molecule has 7 heteroatoms. The maximum Gasteiger partial charge on any atom is 0.247 e. The highest BCUT2D eigenvalue weighted by molar-refractivity contribution is 5.95. The Kier molecular flexibility index (Phi) is 4.90. The van der Waals surface area contributed by atoms with Gasteiger partial charge in [0.05, 0.1) is 6.54 Å². The van der Waals surface area contributed by atoms with Crippen LogP contribution in [0.25, 0.3) is 0 Å². The van der Waals surface area contributed by atoms with Gasteiger partial charge in [0, 0.05) is 6.07 Å². The first kappa shape index (κ1) is 15.7. The quantitative estimate of drug-likeness (QED) is 0.831. The van der Waals surface area contributed by atoms with Gasteiger partial charge in [-0.05, 0) is 19.5 Å². The number of aromatic nitrogens is 1. The van der Waals surface area contributed by atoms with Gasteiger partial charge in [-0.2, -0.15) is 0 Å². The van der Waals surface area contributed by atoms with Crippen LogP contribution in [0.3, 0.4) is 0 Å². The Morgan fingerprint density at radius 2 is 2.05 bits per heavy atom. The van der Waals surface area contributed by atoms with Gasteiger partial charge < -0.3 is 15.6 Å². The first-order valence-electron chi connectivity index (χ1n) is 6.75. The molecule has 0 aliphatic heterocycles. The summed E-state index contributed by atoms with van der Waals surface area (Å²) in [6.07, 6.45) is 0. The van der Waals surface area contributed by atoms with Crippen LogP contribution in [0.4, 0.5) is 5.82 Å². The number of carbonyl (C=O) groups is 2. The smallest absolute Gasteiger partial charge is 0.247 e. The highest BCUT2D eigenvalue weighted by atomic mass is 16.5. The van der Waals surface area contributed by atoms with E-state index in [1.54, 1.807) is 24.9 Å². The number of amides is 2. The van der Waals surface area contributed by atoms with Crippen LogP contribution >= 0.6 is 0 Å². The van der Waals surface area contributed by atoms with Gasteiger partial charge in [0.15, 0.2) is 5.82 Å². The third-order valence-corrected chi connectivity index (χ3v) is 3.09. The Balaban J connectivity index is 2.23. The number of rotatable bonds is 6. The van der Waals surface area contributed by atoms with Gasteiger partial charge in [0.1, 0.15) is 11.8 Å². The van der Waals surface area contributed by atoms with Crippen LogP contribution in [-0.2, 0) is 9.59 Å². The van der Waals surface area contributed by atoms with E-state index in [0.717, 1.165) is 5.56 Å². The lowest BCUT2D eigenvalue weighted by molar-refractivity contribution is -0.123. The predicted molar refractivity (Wildman–Crippen MR) is 80.9 cm³/mol. The lowest BCUT2D eigenvalue weighted by Crippen LogP contribution is -2.39. The van der Waals surface area contributed by atoms with Crippen LogP contribution in [0.5, 0.6) is 0 Å². The molecule has 0 radical (unpaired) electrons. The third kappa shape index (κ3) is 3.92. The molecule has 2 rings (SSSR count). The summed E-state index contributed by atoms with van der Waals surface area (Å²) < 4.78 is 4.92. The van der Waals surface area contributed by atoms with E-state index in [4.69, 9.17) is 10.3 Å². The summed E-state index contributed by atoms with van der Waals surface area (Å²) in [7, 11) is 1.66. The summed E-state index contributed by atoms with van der Waals surface area (Å²) in [6.45, 7) is 1.70. The van der Waals surface area contributed by atoms with Crippen molar-refractivity contribution in [2.45, 2.75) is 13.0 Å². The monoisotopic (exact) mass is 302 g/mol. The first-order valence-corrected chi connectivity index (χ1v) is 6.75. The summed E-state index contributed by atoms with van der Waals surface area (Å²) in [4.78, 5) is 25.3. The van der Waals surface area contributed by atoms with Crippen molar-refractivity contribution in [1.29, 1.82) is 0 Å². The van der Waals surface area contributed by atoms with E-state index in [1.807, 2.05) is 30.3 Å². The van der Waals surface area contributed by atoms with Gasteiger partial charge >= 0.3 is 0 Å².